The standard InChI is InChI=1S/C18H26N2O4S/c1-12(2)17(21)14-9-10-20(11-14)15-5-7-16(8-6-15)25(23,24)19-18(22)13(3)4/h5-8,12-14H,9-11H2,1-4H3,(H,19,22). The molecule has 1 saturated heterocycles. The van der Waals surface area contributed by atoms with Crippen molar-refractivity contribution in [3.63, 3.8) is 0 Å². The summed E-state index contributed by atoms with van der Waals surface area (Å²) in [4.78, 5) is 25.9. The maximum Gasteiger partial charge on any atom is 0.264 e. The van der Waals surface area contributed by atoms with Gasteiger partial charge in [0.05, 0.1) is 4.90 Å². The van der Waals surface area contributed by atoms with Crippen molar-refractivity contribution in [2.45, 2.75) is 39.0 Å². The fourth-order valence-corrected chi connectivity index (χ4v) is 3.96. The Morgan fingerprint density at radius 1 is 1.08 bits per heavy atom. The van der Waals surface area contributed by atoms with E-state index >= 15 is 0 Å². The molecule has 0 saturated carbocycles. The summed E-state index contributed by atoms with van der Waals surface area (Å²) in [5.41, 5.74) is 0.883. The molecule has 2 rings (SSSR count). The highest BCUT2D eigenvalue weighted by atomic mass is 32.2. The Bertz CT molecular complexity index is 739. The van der Waals surface area contributed by atoms with Gasteiger partial charge in [0.2, 0.25) is 5.91 Å². The first-order valence-corrected chi connectivity index (χ1v) is 10.1. The number of carbonyl (C=O) groups is 2. The number of sulfonamides is 1. The molecule has 1 heterocycles. The first kappa shape index (κ1) is 19.4. The summed E-state index contributed by atoms with van der Waals surface area (Å²) in [6.45, 7) is 8.53. The van der Waals surface area contributed by atoms with Crippen molar-refractivity contribution in [3.05, 3.63) is 24.3 Å². The molecule has 1 aromatic rings. The molecule has 1 aromatic carbocycles. The monoisotopic (exact) mass is 366 g/mol. The van der Waals surface area contributed by atoms with Gasteiger partial charge in [-0.2, -0.15) is 0 Å². The van der Waals surface area contributed by atoms with Crippen LogP contribution in [0.4, 0.5) is 5.69 Å². The van der Waals surface area contributed by atoms with E-state index in [9.17, 15) is 18.0 Å². The third-order valence-corrected chi connectivity index (χ3v) is 5.79. The van der Waals surface area contributed by atoms with Crippen LogP contribution in [0.1, 0.15) is 34.1 Å². The molecule has 25 heavy (non-hydrogen) atoms. The van der Waals surface area contributed by atoms with Gasteiger partial charge in [0, 0.05) is 36.5 Å². The summed E-state index contributed by atoms with van der Waals surface area (Å²) in [7, 11) is -3.85. The molecule has 138 valence electrons. The Kier molecular flexibility index (Phi) is 5.87. The second kappa shape index (κ2) is 7.56. The van der Waals surface area contributed by atoms with Gasteiger partial charge in [-0.15, -0.1) is 0 Å². The van der Waals surface area contributed by atoms with E-state index in [4.69, 9.17) is 0 Å². The average Bonchev–Trinajstić information content (AvgIpc) is 3.03. The number of rotatable bonds is 6. The van der Waals surface area contributed by atoms with Crippen LogP contribution in [0.25, 0.3) is 0 Å². The SMILES string of the molecule is CC(C)C(=O)NS(=O)(=O)c1ccc(N2CCC(C(=O)C(C)C)C2)cc1. The van der Waals surface area contributed by atoms with Crippen LogP contribution in [0.15, 0.2) is 29.2 Å². The smallest absolute Gasteiger partial charge is 0.264 e. The maximum absolute atomic E-state index is 12.2. The van der Waals surface area contributed by atoms with Crippen LogP contribution >= 0.6 is 0 Å². The molecule has 6 nitrogen and oxygen atoms in total. The van der Waals surface area contributed by atoms with Gasteiger partial charge in [0.1, 0.15) is 5.78 Å². The highest BCUT2D eigenvalue weighted by Gasteiger charge is 2.29. The predicted octanol–water partition coefficient (Wildman–Crippen LogP) is 2.20. The van der Waals surface area contributed by atoms with E-state index in [2.05, 4.69) is 9.62 Å². The lowest BCUT2D eigenvalue weighted by Gasteiger charge is -2.19. The van der Waals surface area contributed by atoms with Gasteiger partial charge in [-0.1, -0.05) is 27.7 Å². The van der Waals surface area contributed by atoms with E-state index in [1.54, 1.807) is 26.0 Å². The lowest BCUT2D eigenvalue weighted by molar-refractivity contribution is -0.125. The first-order valence-electron chi connectivity index (χ1n) is 8.57. The van der Waals surface area contributed by atoms with Gasteiger partial charge < -0.3 is 4.90 Å². The number of anilines is 1. The highest BCUT2D eigenvalue weighted by molar-refractivity contribution is 7.90. The molecular formula is C18H26N2O4S. The van der Waals surface area contributed by atoms with Crippen molar-refractivity contribution in [2.75, 3.05) is 18.0 Å². The normalized spacial score (nSPS) is 18.0. The van der Waals surface area contributed by atoms with Crippen LogP contribution in [-0.2, 0) is 19.6 Å². The van der Waals surface area contributed by atoms with Gasteiger partial charge in [-0.25, -0.2) is 13.1 Å². The first-order chi connectivity index (χ1) is 11.6. The molecule has 0 aromatic heterocycles. The molecule has 0 radical (unpaired) electrons. The summed E-state index contributed by atoms with van der Waals surface area (Å²) in [6, 6.07) is 6.42. The van der Waals surface area contributed by atoms with Crippen LogP contribution in [0.2, 0.25) is 0 Å². The Labute approximate surface area is 149 Å². The number of Topliss-reactive ketones (excluding diaryl/α,β-unsaturated/α-hetero) is 1. The van der Waals surface area contributed by atoms with Gasteiger partial charge >= 0.3 is 0 Å². The van der Waals surface area contributed by atoms with Crippen molar-refractivity contribution >= 4 is 27.4 Å². The maximum atomic E-state index is 12.2. The lowest BCUT2D eigenvalue weighted by atomic mass is 9.95. The van der Waals surface area contributed by atoms with Gasteiger partial charge in [-0.05, 0) is 30.7 Å². The Balaban J connectivity index is 2.08. The molecule has 1 aliphatic rings. The molecule has 1 fully saturated rings. The van der Waals surface area contributed by atoms with E-state index in [1.165, 1.54) is 12.1 Å². The third kappa shape index (κ3) is 4.60. The average molecular weight is 366 g/mol. The molecule has 1 amide bonds. The van der Waals surface area contributed by atoms with Crippen LogP contribution < -0.4 is 9.62 Å². The molecule has 1 unspecified atom stereocenters. The zero-order valence-electron chi connectivity index (χ0n) is 15.2. The number of nitrogens with zero attached hydrogens (tertiary/aromatic N) is 1. The Morgan fingerprint density at radius 2 is 1.68 bits per heavy atom. The zero-order valence-corrected chi connectivity index (χ0v) is 16.0. The summed E-state index contributed by atoms with van der Waals surface area (Å²) in [6.07, 6.45) is 0.821. The molecule has 7 heteroatoms. The molecule has 0 aliphatic carbocycles. The van der Waals surface area contributed by atoms with Crippen molar-refractivity contribution < 1.29 is 18.0 Å². The molecular weight excluding hydrogens is 340 g/mol. The Hall–Kier alpha value is -1.89. The number of nitrogens with one attached hydrogen (secondary N) is 1. The Morgan fingerprint density at radius 3 is 2.20 bits per heavy atom. The van der Waals surface area contributed by atoms with Crippen LogP contribution in [0.3, 0.4) is 0 Å². The quantitative estimate of drug-likeness (QED) is 0.834. The molecule has 0 spiro atoms. The van der Waals surface area contributed by atoms with E-state index in [0.29, 0.717) is 6.54 Å². The van der Waals surface area contributed by atoms with Gasteiger partial charge in [-0.3, -0.25) is 9.59 Å². The van der Waals surface area contributed by atoms with E-state index < -0.39 is 21.8 Å². The second-order valence-corrected chi connectivity index (χ2v) is 8.79. The topological polar surface area (TPSA) is 83.6 Å². The minimum atomic E-state index is -3.85. The second-order valence-electron chi connectivity index (χ2n) is 7.11. The number of ketones is 1. The minimum absolute atomic E-state index is 0.0297. The lowest BCUT2D eigenvalue weighted by Crippen LogP contribution is -2.33. The van der Waals surface area contributed by atoms with Crippen LogP contribution in [-0.4, -0.2) is 33.2 Å². The van der Waals surface area contributed by atoms with Crippen LogP contribution in [0, 0.1) is 17.8 Å². The number of amides is 1. The number of benzene rings is 1. The number of hydrogen-bond acceptors (Lipinski definition) is 5. The van der Waals surface area contributed by atoms with Crippen molar-refractivity contribution in [3.8, 4) is 0 Å². The molecule has 0 bridgehead atoms. The van der Waals surface area contributed by atoms with Gasteiger partial charge in [0.15, 0.2) is 0 Å². The highest BCUT2D eigenvalue weighted by Crippen LogP contribution is 2.27. The largest absolute Gasteiger partial charge is 0.371 e. The predicted molar refractivity (Wildman–Crippen MR) is 96.8 cm³/mol. The third-order valence-electron chi connectivity index (χ3n) is 4.43. The summed E-state index contributed by atoms with van der Waals surface area (Å²) in [5.74, 6) is -0.596. The fraction of sp³-hybridized carbons (Fsp3) is 0.556. The summed E-state index contributed by atoms with van der Waals surface area (Å²) in [5, 5.41) is 0. The number of hydrogen-bond donors (Lipinski definition) is 1. The van der Waals surface area contributed by atoms with E-state index in [-0.39, 0.29) is 22.5 Å². The van der Waals surface area contributed by atoms with Crippen LogP contribution in [0.5, 0.6) is 0 Å². The van der Waals surface area contributed by atoms with Crippen molar-refractivity contribution in [1.29, 1.82) is 0 Å². The van der Waals surface area contributed by atoms with Crippen molar-refractivity contribution in [1.82, 2.24) is 4.72 Å². The van der Waals surface area contributed by atoms with E-state index in [1.807, 2.05) is 13.8 Å². The summed E-state index contributed by atoms with van der Waals surface area (Å²) >= 11 is 0. The zero-order chi connectivity index (χ0) is 18.8. The van der Waals surface area contributed by atoms with Gasteiger partial charge in [0.25, 0.3) is 10.0 Å². The molecule has 1 aliphatic heterocycles. The van der Waals surface area contributed by atoms with Crippen molar-refractivity contribution in [2.24, 2.45) is 17.8 Å². The fourth-order valence-electron chi connectivity index (χ4n) is 2.84. The summed E-state index contributed by atoms with van der Waals surface area (Å²) < 4.78 is 26.5. The number of carbonyl (C=O) groups excluding carboxylic acids is 2. The molecule has 1 N–H and O–H groups in total. The minimum Gasteiger partial charge on any atom is -0.371 e. The molecule has 1 atom stereocenters. The van der Waals surface area contributed by atoms with E-state index in [0.717, 1.165) is 18.7 Å².